The third kappa shape index (κ3) is 9.68. The number of hydrogen-bond donors (Lipinski definition) is 1. The van der Waals surface area contributed by atoms with Crippen LogP contribution < -0.4 is 5.32 Å². The van der Waals surface area contributed by atoms with Gasteiger partial charge in [0.05, 0.1) is 35.2 Å². The van der Waals surface area contributed by atoms with E-state index in [1.807, 2.05) is 6.92 Å². The second-order valence-electron chi connectivity index (χ2n) is 14.0. The predicted octanol–water partition coefficient (Wildman–Crippen LogP) is 8.59. The number of nitrogens with one attached hydrogen (secondary N) is 1. The van der Waals surface area contributed by atoms with Crippen LogP contribution in [0.5, 0.6) is 0 Å². The highest BCUT2D eigenvalue weighted by Gasteiger charge is 2.39. The molecule has 13 nitrogen and oxygen atoms in total. The summed E-state index contributed by atoms with van der Waals surface area (Å²) in [6, 6.07) is 1.88. The Bertz CT molecular complexity index is 1820. The molecule has 1 amide bonds. The number of carbonyl (C=O) groups excluding carboxylic acids is 1. The summed E-state index contributed by atoms with van der Waals surface area (Å²) in [4.78, 5) is 21.7. The van der Waals surface area contributed by atoms with E-state index < -0.39 is 42.9 Å². The molecule has 0 bridgehead atoms. The molecule has 0 saturated heterocycles. The molecular weight excluding hydrogens is 691 g/mol. The minimum absolute atomic E-state index is 0.0103. The molecule has 17 heteroatoms. The van der Waals surface area contributed by atoms with Crippen molar-refractivity contribution in [2.75, 3.05) is 11.9 Å². The van der Waals surface area contributed by atoms with Gasteiger partial charge in [-0.3, -0.25) is 23.0 Å². The average molecular weight is 736 g/mol. The highest BCUT2D eigenvalue weighted by Crippen LogP contribution is 2.57. The van der Waals surface area contributed by atoms with E-state index in [4.69, 9.17) is 18.3 Å². The number of nitrogens with zero attached hydrogens (tertiary/aromatic N) is 6. The van der Waals surface area contributed by atoms with Crippen LogP contribution in [0.4, 0.5) is 14.5 Å². The van der Waals surface area contributed by atoms with Gasteiger partial charge in [-0.15, -0.1) is 11.3 Å². The second kappa shape index (κ2) is 15.1. The summed E-state index contributed by atoms with van der Waals surface area (Å²) in [7, 11) is -4.02. The topological polar surface area (TPSA) is 145 Å². The average Bonchev–Trinajstić information content (AvgIpc) is 3.77. The van der Waals surface area contributed by atoms with Crippen LogP contribution in [-0.4, -0.2) is 59.3 Å². The van der Waals surface area contributed by atoms with Gasteiger partial charge < -0.3 is 10.1 Å². The number of thiazole rings is 1. The SMILES string of the molecule is CCOC1CCC(n2cc(NC(=O)c3csc(-c4cnn(C(C)OP(=O)(OC(C)(C)C)OC(C)(C)C)c4)n3)c(-c3nc(F)ccc3F)n2)CC1. The Hall–Kier alpha value is -3.40. The summed E-state index contributed by atoms with van der Waals surface area (Å²) >= 11 is 1.21. The highest BCUT2D eigenvalue weighted by atomic mass is 32.1. The third-order valence-electron chi connectivity index (χ3n) is 7.45. The van der Waals surface area contributed by atoms with Crippen molar-refractivity contribution in [3.05, 3.63) is 53.6 Å². The molecule has 1 saturated carbocycles. The first-order valence-corrected chi connectivity index (χ1v) is 18.8. The molecule has 0 aliphatic heterocycles. The lowest BCUT2D eigenvalue weighted by Gasteiger charge is -2.32. The molecule has 272 valence electrons. The zero-order valence-electron chi connectivity index (χ0n) is 29.5. The standard InChI is InChI=1S/C33H44F2N7O6PS/c1-9-45-23-12-10-22(11-13-23)42-18-25(29(40-42)28-24(34)14-15-27(35)39-28)37-30(43)26-19-50-31(38-26)21-16-36-41(17-21)20(2)46-49(44,47-32(3,4)5)48-33(6,7)8/h14-20,22-23H,9-13H2,1-8H3,(H,37,43). The summed E-state index contributed by atoms with van der Waals surface area (Å²) in [5.41, 5.74) is -1.07. The van der Waals surface area contributed by atoms with Gasteiger partial charge in [0.25, 0.3) is 5.91 Å². The number of anilines is 1. The van der Waals surface area contributed by atoms with E-state index in [0.717, 1.165) is 37.8 Å². The Morgan fingerprint density at radius 3 is 2.36 bits per heavy atom. The Balaban J connectivity index is 1.34. The van der Waals surface area contributed by atoms with Crippen molar-refractivity contribution in [2.45, 2.75) is 111 Å². The molecule has 0 radical (unpaired) electrons. The van der Waals surface area contributed by atoms with E-state index >= 15 is 0 Å². The van der Waals surface area contributed by atoms with Crippen LogP contribution in [-0.2, 0) is 22.9 Å². The number of phosphoric ester groups is 1. The van der Waals surface area contributed by atoms with Gasteiger partial charge in [0.15, 0.2) is 12.0 Å². The first kappa shape index (κ1) is 37.8. The molecule has 1 aliphatic carbocycles. The lowest BCUT2D eigenvalue weighted by molar-refractivity contribution is -0.0230. The van der Waals surface area contributed by atoms with Crippen LogP contribution in [0.25, 0.3) is 22.0 Å². The molecule has 5 rings (SSSR count). The molecule has 50 heavy (non-hydrogen) atoms. The lowest BCUT2D eigenvalue weighted by atomic mass is 9.93. The summed E-state index contributed by atoms with van der Waals surface area (Å²) in [6.07, 6.45) is 7.34. The quantitative estimate of drug-likeness (QED) is 0.111. The second-order valence-corrected chi connectivity index (χ2v) is 16.3. The monoisotopic (exact) mass is 735 g/mol. The van der Waals surface area contributed by atoms with Crippen LogP contribution >= 0.6 is 19.2 Å². The molecule has 0 spiro atoms. The van der Waals surface area contributed by atoms with Crippen molar-refractivity contribution in [1.29, 1.82) is 0 Å². The Morgan fingerprint density at radius 2 is 1.72 bits per heavy atom. The minimum Gasteiger partial charge on any atom is -0.379 e. The number of carbonyl (C=O) groups is 1. The molecule has 4 heterocycles. The third-order valence-corrected chi connectivity index (χ3v) is 10.4. The largest absolute Gasteiger partial charge is 0.477 e. The van der Waals surface area contributed by atoms with Crippen molar-refractivity contribution in [3.8, 4) is 22.0 Å². The Kier molecular flexibility index (Phi) is 11.4. The van der Waals surface area contributed by atoms with Crippen LogP contribution in [0, 0.1) is 11.8 Å². The van der Waals surface area contributed by atoms with Crippen LogP contribution in [0.3, 0.4) is 0 Å². The lowest BCUT2D eigenvalue weighted by Crippen LogP contribution is -2.25. The maximum atomic E-state index is 14.9. The molecule has 1 atom stereocenters. The maximum Gasteiger partial charge on any atom is 0.477 e. The normalized spacial score (nSPS) is 18.0. The smallest absolute Gasteiger partial charge is 0.379 e. The van der Waals surface area contributed by atoms with Crippen molar-refractivity contribution < 1.29 is 36.4 Å². The number of halogens is 2. The van der Waals surface area contributed by atoms with Crippen LogP contribution in [0.2, 0.25) is 0 Å². The Labute approximate surface area is 294 Å². The molecule has 4 aromatic rings. The van der Waals surface area contributed by atoms with Gasteiger partial charge in [0.2, 0.25) is 5.95 Å². The number of aromatic nitrogens is 6. The van der Waals surface area contributed by atoms with Gasteiger partial charge in [-0.2, -0.15) is 14.6 Å². The van der Waals surface area contributed by atoms with Gasteiger partial charge in [-0.05, 0) is 93.2 Å². The first-order chi connectivity index (χ1) is 23.4. The first-order valence-electron chi connectivity index (χ1n) is 16.5. The van der Waals surface area contributed by atoms with Gasteiger partial charge >= 0.3 is 7.82 Å². The number of pyridine rings is 1. The molecule has 1 fully saturated rings. The molecule has 4 aromatic heterocycles. The van der Waals surface area contributed by atoms with E-state index in [9.17, 15) is 18.1 Å². The fourth-order valence-electron chi connectivity index (χ4n) is 5.45. The van der Waals surface area contributed by atoms with E-state index in [0.29, 0.717) is 17.2 Å². The molecule has 0 aromatic carbocycles. The predicted molar refractivity (Wildman–Crippen MR) is 185 cm³/mol. The summed E-state index contributed by atoms with van der Waals surface area (Å²) in [5, 5.41) is 13.8. The van der Waals surface area contributed by atoms with E-state index in [1.54, 1.807) is 77.1 Å². The van der Waals surface area contributed by atoms with Crippen LogP contribution in [0.1, 0.15) is 104 Å². The summed E-state index contributed by atoms with van der Waals surface area (Å²) < 4.78 is 68.8. The van der Waals surface area contributed by atoms with Crippen molar-refractivity contribution in [1.82, 2.24) is 29.5 Å². The number of ether oxygens (including phenoxy) is 1. The molecule has 1 N–H and O–H groups in total. The highest BCUT2D eigenvalue weighted by molar-refractivity contribution is 7.48. The van der Waals surface area contributed by atoms with Gasteiger partial charge in [-0.25, -0.2) is 23.6 Å². The molecule has 1 unspecified atom stereocenters. The van der Waals surface area contributed by atoms with Gasteiger partial charge in [0, 0.05) is 29.9 Å². The fraction of sp³-hybridized carbons (Fsp3) is 0.545. The molecular formula is C33H44F2N7O6PS. The van der Waals surface area contributed by atoms with Gasteiger partial charge in [-0.1, -0.05) is 0 Å². The van der Waals surface area contributed by atoms with E-state index in [2.05, 4.69) is 25.5 Å². The van der Waals surface area contributed by atoms with E-state index in [1.165, 1.54) is 16.0 Å². The molecule has 1 aliphatic rings. The summed E-state index contributed by atoms with van der Waals surface area (Å²) in [6.45, 7) is 14.8. The van der Waals surface area contributed by atoms with Crippen LogP contribution in [0.15, 0.2) is 36.1 Å². The maximum absolute atomic E-state index is 14.9. The van der Waals surface area contributed by atoms with Gasteiger partial charge in [0.1, 0.15) is 22.1 Å². The van der Waals surface area contributed by atoms with Crippen molar-refractivity contribution in [2.24, 2.45) is 0 Å². The number of amides is 1. The zero-order chi connectivity index (χ0) is 36.4. The summed E-state index contributed by atoms with van der Waals surface area (Å²) in [5.74, 6) is -2.22. The number of rotatable bonds is 12. The number of hydrogen-bond acceptors (Lipinski definition) is 11. The fourth-order valence-corrected chi connectivity index (χ4v) is 8.16. The van der Waals surface area contributed by atoms with E-state index in [-0.39, 0.29) is 34.9 Å². The number of phosphoric acid groups is 1. The minimum atomic E-state index is -4.02. The van der Waals surface area contributed by atoms with Crippen molar-refractivity contribution in [3.63, 3.8) is 0 Å². The zero-order valence-corrected chi connectivity index (χ0v) is 31.2. The Morgan fingerprint density at radius 1 is 1.04 bits per heavy atom. The van der Waals surface area contributed by atoms with Crippen molar-refractivity contribution >= 4 is 30.8 Å².